The Balaban J connectivity index is 2.00. The third kappa shape index (κ3) is 5.91. The molecule has 0 aromatic heterocycles. The quantitative estimate of drug-likeness (QED) is 0.318. The van der Waals surface area contributed by atoms with Crippen LogP contribution < -0.4 is 14.8 Å². The van der Waals surface area contributed by atoms with Gasteiger partial charge >= 0.3 is 0 Å². The number of benzene rings is 3. The van der Waals surface area contributed by atoms with Crippen molar-refractivity contribution in [1.29, 1.82) is 0 Å². The summed E-state index contributed by atoms with van der Waals surface area (Å²) in [5.74, 6) is 1.83. The molecule has 3 nitrogen and oxygen atoms in total. The van der Waals surface area contributed by atoms with E-state index in [0.717, 1.165) is 30.9 Å². The normalized spacial score (nSPS) is 11.9. The lowest BCUT2D eigenvalue weighted by Crippen LogP contribution is -2.25. The molecule has 0 aliphatic heterocycles. The van der Waals surface area contributed by atoms with Gasteiger partial charge in [0, 0.05) is 17.3 Å². The van der Waals surface area contributed by atoms with Gasteiger partial charge in [-0.15, -0.1) is 0 Å². The number of rotatable bonds is 11. The average molecular weight is 450 g/mol. The third-order valence-electron chi connectivity index (χ3n) is 6.02. The molecule has 0 bridgehead atoms. The standard InChI is InChI=1S/C28H36NO2P/c1-6-28(7-2,32-27-16-12-11-15-23(27)20-29(3)4)25-19-24(30-5)17-18-26(25)31-21-22-13-9-8-10-14-22/h8-19,32H,6-7,20-21H2,1-5H3. The predicted molar refractivity (Wildman–Crippen MR) is 138 cm³/mol. The van der Waals surface area contributed by atoms with E-state index in [1.807, 2.05) is 12.1 Å². The first-order valence-electron chi connectivity index (χ1n) is 11.4. The summed E-state index contributed by atoms with van der Waals surface area (Å²) in [5, 5.41) is 1.42. The Labute approximate surface area is 195 Å². The maximum Gasteiger partial charge on any atom is 0.124 e. The van der Waals surface area contributed by atoms with Gasteiger partial charge in [0.1, 0.15) is 18.1 Å². The van der Waals surface area contributed by atoms with Crippen molar-refractivity contribution in [1.82, 2.24) is 4.90 Å². The minimum absolute atomic E-state index is 0.0109. The molecule has 0 saturated carbocycles. The molecule has 3 aromatic rings. The van der Waals surface area contributed by atoms with Gasteiger partial charge in [0.15, 0.2) is 0 Å². The van der Waals surface area contributed by atoms with Crippen LogP contribution in [0, 0.1) is 0 Å². The molecule has 0 heterocycles. The van der Waals surface area contributed by atoms with Crippen molar-refractivity contribution in [3.05, 3.63) is 89.5 Å². The van der Waals surface area contributed by atoms with E-state index in [4.69, 9.17) is 9.47 Å². The second-order valence-electron chi connectivity index (χ2n) is 8.45. The Morgan fingerprint density at radius 2 is 1.56 bits per heavy atom. The number of nitrogens with zero attached hydrogens (tertiary/aromatic N) is 1. The summed E-state index contributed by atoms with van der Waals surface area (Å²) < 4.78 is 12.0. The molecule has 32 heavy (non-hydrogen) atoms. The summed E-state index contributed by atoms with van der Waals surface area (Å²) in [7, 11) is 6.64. The van der Waals surface area contributed by atoms with E-state index < -0.39 is 0 Å². The summed E-state index contributed by atoms with van der Waals surface area (Å²) >= 11 is 0. The summed E-state index contributed by atoms with van der Waals surface area (Å²) in [5.41, 5.74) is 3.82. The van der Waals surface area contributed by atoms with Crippen molar-refractivity contribution in [2.24, 2.45) is 0 Å². The highest BCUT2D eigenvalue weighted by atomic mass is 31.1. The molecule has 170 valence electrons. The second kappa shape index (κ2) is 11.5. The molecular formula is C28H36NO2P. The summed E-state index contributed by atoms with van der Waals surface area (Å²) in [4.78, 5) is 2.24. The first kappa shape index (κ1) is 24.3. The average Bonchev–Trinajstić information content (AvgIpc) is 2.82. The van der Waals surface area contributed by atoms with E-state index in [-0.39, 0.29) is 5.16 Å². The van der Waals surface area contributed by atoms with Crippen LogP contribution in [0.1, 0.15) is 43.4 Å². The highest BCUT2D eigenvalue weighted by Crippen LogP contribution is 2.51. The number of hydrogen-bond acceptors (Lipinski definition) is 3. The van der Waals surface area contributed by atoms with Crippen molar-refractivity contribution >= 4 is 13.9 Å². The molecule has 3 aromatic carbocycles. The third-order valence-corrected chi connectivity index (χ3v) is 8.24. The summed E-state index contributed by atoms with van der Waals surface area (Å²) in [6, 6.07) is 25.5. The van der Waals surface area contributed by atoms with E-state index >= 15 is 0 Å². The van der Waals surface area contributed by atoms with Gasteiger partial charge in [0.25, 0.3) is 0 Å². The molecule has 1 unspecified atom stereocenters. The Morgan fingerprint density at radius 3 is 2.22 bits per heavy atom. The van der Waals surface area contributed by atoms with Gasteiger partial charge in [-0.05, 0) is 61.6 Å². The minimum atomic E-state index is -0.0109. The van der Waals surface area contributed by atoms with Gasteiger partial charge in [0.05, 0.1) is 7.11 Å². The van der Waals surface area contributed by atoms with Gasteiger partial charge in [-0.25, -0.2) is 0 Å². The van der Waals surface area contributed by atoms with Crippen molar-refractivity contribution < 1.29 is 9.47 Å². The van der Waals surface area contributed by atoms with Gasteiger partial charge in [-0.3, -0.25) is 0 Å². The van der Waals surface area contributed by atoms with Crippen molar-refractivity contribution in [3.8, 4) is 11.5 Å². The molecule has 1 atom stereocenters. The Kier molecular flexibility index (Phi) is 8.73. The maximum absolute atomic E-state index is 6.41. The molecule has 0 fully saturated rings. The highest BCUT2D eigenvalue weighted by Gasteiger charge is 2.33. The molecular weight excluding hydrogens is 413 g/mol. The Morgan fingerprint density at radius 1 is 0.875 bits per heavy atom. The minimum Gasteiger partial charge on any atom is -0.497 e. The summed E-state index contributed by atoms with van der Waals surface area (Å²) in [6.07, 6.45) is 2.07. The van der Waals surface area contributed by atoms with Crippen molar-refractivity contribution in [2.75, 3.05) is 21.2 Å². The Bertz CT molecular complexity index is 984. The van der Waals surface area contributed by atoms with Crippen LogP contribution in [-0.2, 0) is 18.3 Å². The van der Waals surface area contributed by atoms with Crippen LogP contribution in [-0.4, -0.2) is 26.1 Å². The first-order valence-corrected chi connectivity index (χ1v) is 12.4. The van der Waals surface area contributed by atoms with Gasteiger partial charge < -0.3 is 14.4 Å². The first-order chi connectivity index (χ1) is 15.5. The maximum atomic E-state index is 6.41. The van der Waals surface area contributed by atoms with Crippen LogP contribution in [0.5, 0.6) is 11.5 Å². The largest absolute Gasteiger partial charge is 0.497 e. The monoisotopic (exact) mass is 449 g/mol. The van der Waals surface area contributed by atoms with E-state index in [9.17, 15) is 0 Å². The predicted octanol–water partition coefficient (Wildman–Crippen LogP) is 6.36. The fraction of sp³-hybridized carbons (Fsp3) is 0.357. The zero-order valence-corrected chi connectivity index (χ0v) is 21.0. The topological polar surface area (TPSA) is 21.7 Å². The van der Waals surface area contributed by atoms with Crippen LogP contribution in [0.2, 0.25) is 0 Å². The lowest BCUT2D eigenvalue weighted by molar-refractivity contribution is 0.297. The Hall–Kier alpha value is -2.35. The van der Waals surface area contributed by atoms with Crippen LogP contribution in [0.25, 0.3) is 0 Å². The summed E-state index contributed by atoms with van der Waals surface area (Å²) in [6.45, 7) is 6.10. The SMILES string of the molecule is CCC(CC)(Pc1ccccc1CN(C)C)c1cc(OC)ccc1OCc1ccccc1. The molecule has 0 amide bonds. The molecule has 0 aliphatic carbocycles. The van der Waals surface area contributed by atoms with Crippen LogP contribution in [0.15, 0.2) is 72.8 Å². The molecule has 0 N–H and O–H groups in total. The van der Waals surface area contributed by atoms with E-state index in [1.54, 1.807) is 7.11 Å². The molecule has 0 aliphatic rings. The molecule has 0 saturated heterocycles. The molecule has 0 radical (unpaired) electrons. The van der Waals surface area contributed by atoms with E-state index in [2.05, 4.69) is 93.5 Å². The fourth-order valence-corrected chi connectivity index (χ4v) is 5.83. The highest BCUT2D eigenvalue weighted by molar-refractivity contribution is 7.48. The lowest BCUT2D eigenvalue weighted by Gasteiger charge is -2.35. The second-order valence-corrected chi connectivity index (χ2v) is 10.2. The van der Waals surface area contributed by atoms with Gasteiger partial charge in [0.2, 0.25) is 0 Å². The van der Waals surface area contributed by atoms with Crippen LogP contribution >= 0.6 is 8.58 Å². The van der Waals surface area contributed by atoms with E-state index in [0.29, 0.717) is 15.2 Å². The van der Waals surface area contributed by atoms with E-state index in [1.165, 1.54) is 22.0 Å². The molecule has 0 spiro atoms. The zero-order valence-electron chi connectivity index (χ0n) is 20.0. The number of hydrogen-bond donors (Lipinski definition) is 0. The number of ether oxygens (including phenoxy) is 2. The van der Waals surface area contributed by atoms with Crippen LogP contribution in [0.4, 0.5) is 0 Å². The number of methoxy groups -OCH3 is 1. The van der Waals surface area contributed by atoms with Crippen molar-refractivity contribution in [3.63, 3.8) is 0 Å². The van der Waals surface area contributed by atoms with Gasteiger partial charge in [-0.1, -0.05) is 77.0 Å². The smallest absolute Gasteiger partial charge is 0.124 e. The fourth-order valence-electron chi connectivity index (χ4n) is 4.12. The van der Waals surface area contributed by atoms with Crippen molar-refractivity contribution in [2.45, 2.75) is 45.0 Å². The van der Waals surface area contributed by atoms with Gasteiger partial charge in [-0.2, -0.15) is 0 Å². The zero-order chi connectivity index (χ0) is 23.0. The van der Waals surface area contributed by atoms with Crippen LogP contribution in [0.3, 0.4) is 0 Å². The molecule has 4 heteroatoms. The molecule has 3 rings (SSSR count). The lowest BCUT2D eigenvalue weighted by atomic mass is 9.91.